The molecule has 1 amide bonds. The van der Waals surface area contributed by atoms with Crippen LogP contribution in [0.25, 0.3) is 0 Å². The van der Waals surface area contributed by atoms with E-state index in [-0.39, 0.29) is 28.7 Å². The van der Waals surface area contributed by atoms with Crippen LogP contribution < -0.4 is 10.6 Å². The Kier molecular flexibility index (Phi) is 4.48. The molecule has 0 saturated carbocycles. The summed E-state index contributed by atoms with van der Waals surface area (Å²) in [5, 5.41) is 5.63. The Labute approximate surface area is 105 Å². The van der Waals surface area contributed by atoms with E-state index in [1.54, 1.807) is 0 Å². The van der Waals surface area contributed by atoms with Gasteiger partial charge in [0.1, 0.15) is 5.82 Å². The number of nitrogens with one attached hydrogen (secondary N) is 2. The van der Waals surface area contributed by atoms with E-state index in [1.807, 2.05) is 20.8 Å². The van der Waals surface area contributed by atoms with Gasteiger partial charge in [0, 0.05) is 5.54 Å². The highest BCUT2D eigenvalue weighted by molar-refractivity contribution is 6.33. The fraction of sp³-hybridized carbons (Fsp3) is 0.417. The van der Waals surface area contributed by atoms with Crippen molar-refractivity contribution in [3.8, 4) is 0 Å². The molecule has 0 atom stereocenters. The first kappa shape index (κ1) is 13.9. The van der Waals surface area contributed by atoms with E-state index in [2.05, 4.69) is 10.6 Å². The maximum Gasteiger partial charge on any atom is 0.238 e. The van der Waals surface area contributed by atoms with Crippen LogP contribution >= 0.6 is 11.6 Å². The predicted molar refractivity (Wildman–Crippen MR) is 67.8 cm³/mol. The second-order valence-corrected chi connectivity index (χ2v) is 5.16. The Morgan fingerprint density at radius 2 is 2.06 bits per heavy atom. The van der Waals surface area contributed by atoms with Crippen LogP contribution in [-0.2, 0) is 4.79 Å². The summed E-state index contributed by atoms with van der Waals surface area (Å²) in [5.41, 5.74) is -0.147. The Balaban J connectivity index is 2.63. The molecule has 17 heavy (non-hydrogen) atoms. The van der Waals surface area contributed by atoms with Gasteiger partial charge in [0.15, 0.2) is 0 Å². The molecule has 0 fully saturated rings. The largest absolute Gasteiger partial charge is 0.321 e. The van der Waals surface area contributed by atoms with Gasteiger partial charge in [-0.3, -0.25) is 4.79 Å². The summed E-state index contributed by atoms with van der Waals surface area (Å²) in [6.45, 7) is 5.93. The Hall–Kier alpha value is -1.13. The normalized spacial score (nSPS) is 11.4. The molecule has 0 aliphatic heterocycles. The summed E-state index contributed by atoms with van der Waals surface area (Å²) in [6.07, 6.45) is 0. The summed E-state index contributed by atoms with van der Waals surface area (Å²) in [7, 11) is 0. The maximum absolute atomic E-state index is 13.4. The standard InChI is InChI=1S/C12H16ClFN2O/c1-12(2,3)15-7-10(17)16-11-8(13)5-4-6-9(11)14/h4-6,15H,7H2,1-3H3,(H,16,17). The van der Waals surface area contributed by atoms with E-state index in [0.29, 0.717) is 0 Å². The number of hydrogen-bond acceptors (Lipinski definition) is 2. The third-order valence-electron chi connectivity index (χ3n) is 2.01. The van der Waals surface area contributed by atoms with Crippen molar-refractivity contribution in [3.63, 3.8) is 0 Å². The minimum Gasteiger partial charge on any atom is -0.321 e. The molecule has 0 unspecified atom stereocenters. The van der Waals surface area contributed by atoms with Crippen molar-refractivity contribution in [2.75, 3.05) is 11.9 Å². The summed E-state index contributed by atoms with van der Waals surface area (Å²) < 4.78 is 13.4. The molecule has 94 valence electrons. The molecule has 3 nitrogen and oxygen atoms in total. The molecule has 0 saturated heterocycles. The van der Waals surface area contributed by atoms with Gasteiger partial charge in [-0.15, -0.1) is 0 Å². The Morgan fingerprint density at radius 1 is 1.41 bits per heavy atom. The van der Waals surface area contributed by atoms with E-state index in [1.165, 1.54) is 18.2 Å². The zero-order valence-electron chi connectivity index (χ0n) is 10.1. The molecule has 0 aliphatic carbocycles. The number of para-hydroxylation sites is 1. The molecular formula is C12H16ClFN2O. The maximum atomic E-state index is 13.4. The van der Waals surface area contributed by atoms with Gasteiger partial charge in [0.05, 0.1) is 17.3 Å². The molecule has 0 aromatic heterocycles. The highest BCUT2D eigenvalue weighted by Gasteiger charge is 2.14. The van der Waals surface area contributed by atoms with Gasteiger partial charge < -0.3 is 10.6 Å². The van der Waals surface area contributed by atoms with Crippen molar-refractivity contribution in [3.05, 3.63) is 29.0 Å². The summed E-state index contributed by atoms with van der Waals surface area (Å²) in [4.78, 5) is 11.6. The third kappa shape index (κ3) is 4.71. The number of carbonyl (C=O) groups is 1. The highest BCUT2D eigenvalue weighted by Crippen LogP contribution is 2.24. The van der Waals surface area contributed by atoms with Gasteiger partial charge in [-0.2, -0.15) is 0 Å². The molecule has 0 heterocycles. The molecule has 0 spiro atoms. The van der Waals surface area contributed by atoms with Gasteiger partial charge in [-0.1, -0.05) is 17.7 Å². The van der Waals surface area contributed by atoms with Crippen LogP contribution in [0.15, 0.2) is 18.2 Å². The van der Waals surface area contributed by atoms with Gasteiger partial charge in [0.2, 0.25) is 5.91 Å². The lowest BCUT2D eigenvalue weighted by molar-refractivity contribution is -0.115. The van der Waals surface area contributed by atoms with Crippen molar-refractivity contribution >= 4 is 23.2 Å². The molecule has 0 aliphatic rings. The van der Waals surface area contributed by atoms with E-state index in [0.717, 1.165) is 0 Å². The highest BCUT2D eigenvalue weighted by atomic mass is 35.5. The monoisotopic (exact) mass is 258 g/mol. The lowest BCUT2D eigenvalue weighted by atomic mass is 10.1. The van der Waals surface area contributed by atoms with Crippen LogP contribution in [0.1, 0.15) is 20.8 Å². The Bertz CT molecular complexity index is 395. The van der Waals surface area contributed by atoms with Crippen molar-refractivity contribution in [1.82, 2.24) is 5.32 Å². The number of rotatable bonds is 3. The third-order valence-corrected chi connectivity index (χ3v) is 2.32. The summed E-state index contributed by atoms with van der Waals surface area (Å²) in [5.74, 6) is -0.867. The molecule has 1 aromatic rings. The van der Waals surface area contributed by atoms with E-state index < -0.39 is 5.82 Å². The first-order valence-corrected chi connectivity index (χ1v) is 5.66. The quantitative estimate of drug-likeness (QED) is 0.875. The van der Waals surface area contributed by atoms with Gasteiger partial charge >= 0.3 is 0 Å². The van der Waals surface area contributed by atoms with Crippen LogP contribution in [0.4, 0.5) is 10.1 Å². The second-order valence-electron chi connectivity index (χ2n) is 4.75. The van der Waals surface area contributed by atoms with E-state index >= 15 is 0 Å². The topological polar surface area (TPSA) is 41.1 Å². The summed E-state index contributed by atoms with van der Waals surface area (Å²) >= 11 is 5.79. The smallest absolute Gasteiger partial charge is 0.238 e. The van der Waals surface area contributed by atoms with Gasteiger partial charge in [0.25, 0.3) is 0 Å². The number of carbonyl (C=O) groups excluding carboxylic acids is 1. The van der Waals surface area contributed by atoms with Crippen LogP contribution in [0.2, 0.25) is 5.02 Å². The fourth-order valence-electron chi connectivity index (χ4n) is 1.15. The van der Waals surface area contributed by atoms with Gasteiger partial charge in [-0.25, -0.2) is 4.39 Å². The first-order chi connectivity index (χ1) is 7.79. The fourth-order valence-corrected chi connectivity index (χ4v) is 1.36. The molecule has 1 aromatic carbocycles. The van der Waals surface area contributed by atoms with Crippen LogP contribution in [0.3, 0.4) is 0 Å². The summed E-state index contributed by atoms with van der Waals surface area (Å²) in [6, 6.07) is 4.26. The first-order valence-electron chi connectivity index (χ1n) is 5.28. The molecule has 1 rings (SSSR count). The van der Waals surface area contributed by atoms with Crippen molar-refractivity contribution in [1.29, 1.82) is 0 Å². The van der Waals surface area contributed by atoms with Crippen LogP contribution in [0.5, 0.6) is 0 Å². The predicted octanol–water partition coefficient (Wildman–Crippen LogP) is 2.81. The lowest BCUT2D eigenvalue weighted by Crippen LogP contribution is -2.41. The number of halogens is 2. The van der Waals surface area contributed by atoms with Gasteiger partial charge in [-0.05, 0) is 32.9 Å². The van der Waals surface area contributed by atoms with E-state index in [4.69, 9.17) is 11.6 Å². The Morgan fingerprint density at radius 3 is 2.59 bits per heavy atom. The van der Waals surface area contributed by atoms with Crippen molar-refractivity contribution in [2.24, 2.45) is 0 Å². The van der Waals surface area contributed by atoms with Crippen molar-refractivity contribution in [2.45, 2.75) is 26.3 Å². The zero-order chi connectivity index (χ0) is 13.1. The molecule has 5 heteroatoms. The lowest BCUT2D eigenvalue weighted by Gasteiger charge is -2.20. The number of anilines is 1. The zero-order valence-corrected chi connectivity index (χ0v) is 10.9. The SMILES string of the molecule is CC(C)(C)NCC(=O)Nc1c(F)cccc1Cl. The van der Waals surface area contributed by atoms with Crippen LogP contribution in [-0.4, -0.2) is 18.0 Å². The molecule has 0 bridgehead atoms. The minimum atomic E-state index is -0.540. The molecular weight excluding hydrogens is 243 g/mol. The van der Waals surface area contributed by atoms with E-state index in [9.17, 15) is 9.18 Å². The molecule has 0 radical (unpaired) electrons. The van der Waals surface area contributed by atoms with Crippen molar-refractivity contribution < 1.29 is 9.18 Å². The molecule has 2 N–H and O–H groups in total. The second kappa shape index (κ2) is 5.47. The number of benzene rings is 1. The minimum absolute atomic E-state index is 0.0230. The number of hydrogen-bond donors (Lipinski definition) is 2. The number of amides is 1. The average molecular weight is 259 g/mol. The van der Waals surface area contributed by atoms with Crippen LogP contribution in [0, 0.1) is 5.82 Å². The average Bonchev–Trinajstić information content (AvgIpc) is 2.20.